The number of fused-ring (bicyclic) bond motifs is 2. The van der Waals surface area contributed by atoms with Gasteiger partial charge in [0.1, 0.15) is 0 Å². The Morgan fingerprint density at radius 2 is 1.21 bits per heavy atom. The normalized spacial score (nSPS) is 14.4. The van der Waals surface area contributed by atoms with E-state index < -0.39 is 37.1 Å². The van der Waals surface area contributed by atoms with Gasteiger partial charge < -0.3 is 0 Å². The molecule has 0 fully saturated rings. The third-order valence-electron chi connectivity index (χ3n) is 12.1. The average Bonchev–Trinajstić information content (AvgIpc) is 3.91. The first kappa shape index (κ1) is 33.9. The number of ether oxygens (including phenoxy) is 1. The molecule has 0 amide bonds. The number of nitrogens with zero attached hydrogens (tertiary/aromatic N) is 5. The molecule has 0 saturated carbocycles. The molecule has 8 heteroatoms. The zero-order chi connectivity index (χ0) is 52.5. The number of aryl methyl sites for hydroxylation is 1. The molecule has 0 radical (unpaired) electrons. The molecule has 0 spiro atoms. The second-order valence-electron chi connectivity index (χ2n) is 17.4. The Kier molecular flexibility index (Phi) is 8.81. The molecule has 3 heterocycles. The second-order valence-corrected chi connectivity index (χ2v) is 18.4. The van der Waals surface area contributed by atoms with Crippen molar-refractivity contribution < 1.29 is 35.1 Å². The summed E-state index contributed by atoms with van der Waals surface area (Å²) >= 11 is 2.26. The molecular formula is C59H48BN5OPt. The summed E-state index contributed by atoms with van der Waals surface area (Å²) in [6, 6.07) is 58.9. The van der Waals surface area contributed by atoms with Crippen LogP contribution in [0.1, 0.15) is 42.9 Å². The van der Waals surface area contributed by atoms with Crippen molar-refractivity contribution in [3.05, 3.63) is 233 Å². The van der Waals surface area contributed by atoms with Crippen molar-refractivity contribution in [3.63, 3.8) is 0 Å². The van der Waals surface area contributed by atoms with Crippen LogP contribution in [0.25, 0.3) is 44.7 Å². The Labute approximate surface area is 414 Å². The first-order valence-electron chi connectivity index (χ1n) is 26.1. The Morgan fingerprint density at radius 3 is 1.94 bits per heavy atom. The SMILES string of the molecule is [2H]c1c([2H])c([2H])c(-c2cc(C([2H])([2H])[2H])cc(-c3cccc(C(C)(C)C)c3)c2-n2[c](=[Pt])n(-c3cccc(Oc4cccc(N5B(c6ccccc6)N(c6ccccc6)c6ccccc65)n4)c3)c3ccccc32)c([2H])c1[2H]. The summed E-state index contributed by atoms with van der Waals surface area (Å²) in [6.07, 6.45) is 0. The number of rotatable bonds is 9. The van der Waals surface area contributed by atoms with Gasteiger partial charge in [0, 0.05) is 5.69 Å². The fourth-order valence-electron chi connectivity index (χ4n) is 9.09. The van der Waals surface area contributed by atoms with E-state index in [9.17, 15) is 2.74 Å². The second kappa shape index (κ2) is 17.4. The number of benzene rings is 8. The van der Waals surface area contributed by atoms with Gasteiger partial charge >= 0.3 is 332 Å². The molecule has 10 aromatic rings. The third-order valence-corrected chi connectivity index (χ3v) is 13.1. The number of hydrogen-bond donors (Lipinski definition) is 0. The van der Waals surface area contributed by atoms with Crippen LogP contribution in [0.2, 0.25) is 0 Å². The van der Waals surface area contributed by atoms with Crippen LogP contribution < -0.4 is 19.8 Å². The van der Waals surface area contributed by atoms with Gasteiger partial charge in [-0.1, -0.05) is 60.7 Å². The van der Waals surface area contributed by atoms with Gasteiger partial charge in [0.25, 0.3) is 0 Å². The van der Waals surface area contributed by atoms with E-state index in [1.807, 2.05) is 126 Å². The Balaban J connectivity index is 1.07. The van der Waals surface area contributed by atoms with Crippen molar-refractivity contribution in [3.8, 4) is 45.3 Å². The predicted octanol–water partition coefficient (Wildman–Crippen LogP) is 14.3. The van der Waals surface area contributed by atoms with E-state index in [-0.39, 0.29) is 29.1 Å². The Bertz CT molecular complexity index is 3890. The van der Waals surface area contributed by atoms with Gasteiger partial charge in [-0.15, -0.1) is 0 Å². The van der Waals surface area contributed by atoms with Crippen molar-refractivity contribution >= 4 is 46.4 Å². The zero-order valence-electron chi connectivity index (χ0n) is 44.9. The summed E-state index contributed by atoms with van der Waals surface area (Å²) in [5, 5.41) is 0. The summed E-state index contributed by atoms with van der Waals surface area (Å²) in [5.41, 5.74) is 8.82. The molecule has 0 saturated heterocycles. The Morgan fingerprint density at radius 1 is 0.582 bits per heavy atom. The van der Waals surface area contributed by atoms with Crippen LogP contribution in [0.15, 0.2) is 218 Å². The number of aromatic nitrogens is 3. The Hall–Kier alpha value is -7.47. The van der Waals surface area contributed by atoms with Crippen molar-refractivity contribution in [2.24, 2.45) is 0 Å². The van der Waals surface area contributed by atoms with Crippen LogP contribution in [-0.2, 0) is 24.8 Å². The molecule has 6 nitrogen and oxygen atoms in total. The predicted molar refractivity (Wildman–Crippen MR) is 273 cm³/mol. The molecule has 328 valence electrons. The topological polar surface area (TPSA) is 38.5 Å². The minimum absolute atomic E-state index is 0.0376. The van der Waals surface area contributed by atoms with E-state index in [1.165, 1.54) is 6.07 Å². The van der Waals surface area contributed by atoms with Gasteiger partial charge in [-0.05, 0) is 18.2 Å². The fraction of sp³-hybridized carbons (Fsp3) is 0.0847. The number of pyridine rings is 1. The van der Waals surface area contributed by atoms with Gasteiger partial charge in [0.2, 0.25) is 0 Å². The third kappa shape index (κ3) is 7.83. The van der Waals surface area contributed by atoms with Gasteiger partial charge in [-0.25, -0.2) is 0 Å². The average molecular weight is 1060 g/mol. The zero-order valence-corrected chi connectivity index (χ0v) is 39.2. The molecule has 1 aliphatic rings. The van der Waals surface area contributed by atoms with Crippen molar-refractivity contribution in [1.29, 1.82) is 0 Å². The number of para-hydroxylation sites is 5. The van der Waals surface area contributed by atoms with Crippen LogP contribution in [0.5, 0.6) is 11.6 Å². The van der Waals surface area contributed by atoms with Gasteiger partial charge in [0.15, 0.2) is 0 Å². The van der Waals surface area contributed by atoms with Crippen LogP contribution in [0, 0.1) is 10.7 Å². The molecule has 0 atom stereocenters. The van der Waals surface area contributed by atoms with Crippen LogP contribution >= 0.6 is 0 Å². The first-order valence-corrected chi connectivity index (χ1v) is 23.2. The van der Waals surface area contributed by atoms with E-state index in [2.05, 4.69) is 109 Å². The molecular weight excluding hydrogens is 1000 g/mol. The maximum absolute atomic E-state index is 9.26. The van der Waals surface area contributed by atoms with Crippen molar-refractivity contribution in [2.45, 2.75) is 33.0 Å². The van der Waals surface area contributed by atoms with E-state index >= 15 is 0 Å². The van der Waals surface area contributed by atoms with Crippen LogP contribution in [0.4, 0.5) is 22.9 Å². The standard InChI is InChI=1S/C59H48BN5O.Pt/c1-42-37-50(43-21-8-5-9-22-43)58(51(38-42)44-23-18-24-45(39-44)59(2,3)4)63-41-62(52-31-14-15-32-53(52)63)48-29-19-30-49(40-48)66-57-36-20-35-56(61-57)65-55-34-17-16-33-54(55)64(47-27-12-7-13-28-47)60(65)46-25-10-6-11-26-46;/h5-40H,1-4H3;/i1D3,5D,8D,9D,21D,22D;. The van der Waals surface area contributed by atoms with E-state index in [1.54, 1.807) is 6.07 Å². The molecule has 0 unspecified atom stereocenters. The van der Waals surface area contributed by atoms with Gasteiger partial charge in [-0.2, -0.15) is 0 Å². The fourth-order valence-corrected chi connectivity index (χ4v) is 10.2. The molecule has 11 rings (SSSR count). The van der Waals surface area contributed by atoms with Crippen LogP contribution in [-0.4, -0.2) is 21.1 Å². The first-order chi connectivity index (χ1) is 36.0. The maximum atomic E-state index is 9.26. The van der Waals surface area contributed by atoms with E-state index in [4.69, 9.17) is 17.9 Å². The summed E-state index contributed by atoms with van der Waals surface area (Å²) < 4.78 is 82.0. The molecule has 2 aromatic heterocycles. The molecule has 8 aromatic carbocycles. The molecule has 1 aliphatic heterocycles. The van der Waals surface area contributed by atoms with Crippen molar-refractivity contribution in [2.75, 3.05) is 9.62 Å². The number of imidazole rings is 1. The van der Waals surface area contributed by atoms with E-state index in [0.29, 0.717) is 38.1 Å². The molecule has 0 bridgehead atoms. The summed E-state index contributed by atoms with van der Waals surface area (Å²) in [6.45, 7) is 3.43. The summed E-state index contributed by atoms with van der Waals surface area (Å²) in [4.78, 5) is 9.75. The molecule has 0 aliphatic carbocycles. The number of anilines is 4. The summed E-state index contributed by atoms with van der Waals surface area (Å²) in [5.74, 6) is 1.60. The molecule has 67 heavy (non-hydrogen) atoms. The van der Waals surface area contributed by atoms with E-state index in [0.717, 1.165) is 44.8 Å². The molecule has 0 N–H and O–H groups in total. The number of hydrogen-bond acceptors (Lipinski definition) is 4. The van der Waals surface area contributed by atoms with Gasteiger partial charge in [0.05, 0.1) is 0 Å². The van der Waals surface area contributed by atoms with Crippen molar-refractivity contribution in [1.82, 2.24) is 14.1 Å². The van der Waals surface area contributed by atoms with Gasteiger partial charge in [-0.3, -0.25) is 0 Å². The quantitative estimate of drug-likeness (QED) is 0.135. The van der Waals surface area contributed by atoms with Crippen LogP contribution in [0.3, 0.4) is 0 Å². The summed E-state index contributed by atoms with van der Waals surface area (Å²) in [7, 11) is 0. The minimum atomic E-state index is -2.62. The monoisotopic (exact) mass is 1060 g/mol.